The summed E-state index contributed by atoms with van der Waals surface area (Å²) < 4.78 is 25.4. The van der Waals surface area contributed by atoms with Crippen molar-refractivity contribution in [1.82, 2.24) is 20.3 Å². The number of sulfonamides is 1. The third kappa shape index (κ3) is 8.58. The Morgan fingerprint density at radius 1 is 1.00 bits per heavy atom. The van der Waals surface area contributed by atoms with Gasteiger partial charge < -0.3 is 10.6 Å². The van der Waals surface area contributed by atoms with Crippen LogP contribution in [0.1, 0.15) is 44.2 Å². The van der Waals surface area contributed by atoms with Crippen molar-refractivity contribution in [3.8, 4) is 0 Å². The molecule has 1 aromatic carbocycles. The minimum Gasteiger partial charge on any atom is -0.357 e. The molecule has 0 aliphatic carbocycles. The van der Waals surface area contributed by atoms with Gasteiger partial charge in [-0.05, 0) is 50.9 Å². The lowest BCUT2D eigenvalue weighted by Gasteiger charge is -2.26. The van der Waals surface area contributed by atoms with Crippen LogP contribution in [0.2, 0.25) is 0 Å². The maximum absolute atomic E-state index is 11.4. The molecule has 0 bridgehead atoms. The molecule has 2 rings (SSSR count). The fourth-order valence-corrected chi connectivity index (χ4v) is 3.74. The summed E-state index contributed by atoms with van der Waals surface area (Å²) in [4.78, 5) is 7.11. The van der Waals surface area contributed by atoms with E-state index < -0.39 is 10.0 Å². The number of nitrogens with one attached hydrogen (secondary N) is 3. The van der Waals surface area contributed by atoms with Gasteiger partial charge in [0.05, 0.1) is 12.3 Å². The van der Waals surface area contributed by atoms with Crippen molar-refractivity contribution in [1.29, 1.82) is 0 Å². The number of piperidine rings is 1. The summed E-state index contributed by atoms with van der Waals surface area (Å²) >= 11 is 0. The van der Waals surface area contributed by atoms with Crippen molar-refractivity contribution in [2.75, 3.05) is 38.5 Å². The van der Waals surface area contributed by atoms with E-state index in [2.05, 4.69) is 49.5 Å². The molecule has 3 N–H and O–H groups in total. The number of hydrogen-bond donors (Lipinski definition) is 3. The Bertz CT molecular complexity index is 698. The molecule has 1 aliphatic heterocycles. The van der Waals surface area contributed by atoms with Gasteiger partial charge in [0.2, 0.25) is 10.0 Å². The fraction of sp³-hybridized carbons (Fsp3) is 0.650. The second-order valence-corrected chi connectivity index (χ2v) is 9.17. The Kier molecular flexibility index (Phi) is 9.73. The molecular formula is C20H35N5O2S. The van der Waals surface area contributed by atoms with Crippen LogP contribution in [0.5, 0.6) is 0 Å². The van der Waals surface area contributed by atoms with Gasteiger partial charge in [-0.15, -0.1) is 0 Å². The predicted molar refractivity (Wildman–Crippen MR) is 116 cm³/mol. The SMILES string of the molecule is CCNC(=NCc1ccc(CN2CCCCC2)cc1)NCCNS(=O)(=O)CC. The summed E-state index contributed by atoms with van der Waals surface area (Å²) in [7, 11) is -3.15. The lowest BCUT2D eigenvalue weighted by Crippen LogP contribution is -2.41. The molecular weight excluding hydrogens is 374 g/mol. The molecule has 158 valence electrons. The van der Waals surface area contributed by atoms with Crippen LogP contribution in [0, 0.1) is 0 Å². The highest BCUT2D eigenvalue weighted by Gasteiger charge is 2.10. The highest BCUT2D eigenvalue weighted by atomic mass is 32.2. The Hall–Kier alpha value is -1.64. The molecule has 8 heteroatoms. The molecule has 0 spiro atoms. The Labute approximate surface area is 170 Å². The van der Waals surface area contributed by atoms with Crippen molar-refractivity contribution in [3.63, 3.8) is 0 Å². The average molecular weight is 410 g/mol. The van der Waals surface area contributed by atoms with Crippen LogP contribution in [0.15, 0.2) is 29.3 Å². The van der Waals surface area contributed by atoms with E-state index in [-0.39, 0.29) is 5.75 Å². The summed E-state index contributed by atoms with van der Waals surface area (Å²) in [6.45, 7) is 9.23. The van der Waals surface area contributed by atoms with Gasteiger partial charge in [0, 0.05) is 26.2 Å². The Balaban J connectivity index is 1.80. The monoisotopic (exact) mass is 409 g/mol. The number of nitrogens with zero attached hydrogens (tertiary/aromatic N) is 2. The van der Waals surface area contributed by atoms with Crippen LogP contribution in [-0.4, -0.2) is 57.8 Å². The lowest BCUT2D eigenvalue weighted by molar-refractivity contribution is 0.221. The predicted octanol–water partition coefficient (Wildman–Crippen LogP) is 1.67. The van der Waals surface area contributed by atoms with E-state index in [1.165, 1.54) is 37.9 Å². The second-order valence-electron chi connectivity index (χ2n) is 7.07. The van der Waals surface area contributed by atoms with E-state index in [0.717, 1.165) is 18.7 Å². The van der Waals surface area contributed by atoms with Crippen LogP contribution in [0.25, 0.3) is 0 Å². The van der Waals surface area contributed by atoms with Gasteiger partial charge in [-0.1, -0.05) is 30.7 Å². The average Bonchev–Trinajstić information content (AvgIpc) is 2.71. The summed E-state index contributed by atoms with van der Waals surface area (Å²) in [5.74, 6) is 0.783. The zero-order valence-electron chi connectivity index (χ0n) is 17.2. The summed E-state index contributed by atoms with van der Waals surface area (Å²) in [6, 6.07) is 8.67. The van der Waals surface area contributed by atoms with Crippen molar-refractivity contribution in [3.05, 3.63) is 35.4 Å². The van der Waals surface area contributed by atoms with Crippen LogP contribution in [-0.2, 0) is 23.1 Å². The van der Waals surface area contributed by atoms with Gasteiger partial charge in [0.1, 0.15) is 0 Å². The highest BCUT2D eigenvalue weighted by molar-refractivity contribution is 7.89. The number of guanidine groups is 1. The quantitative estimate of drug-likeness (QED) is 0.311. The molecule has 0 unspecified atom stereocenters. The third-order valence-corrected chi connectivity index (χ3v) is 6.17. The maximum Gasteiger partial charge on any atom is 0.211 e. The first-order valence-electron chi connectivity index (χ1n) is 10.3. The summed E-state index contributed by atoms with van der Waals surface area (Å²) in [5.41, 5.74) is 2.51. The maximum atomic E-state index is 11.4. The molecule has 1 fully saturated rings. The van der Waals surface area contributed by atoms with Gasteiger partial charge in [0.15, 0.2) is 5.96 Å². The number of likely N-dealkylation sites (tertiary alicyclic amines) is 1. The van der Waals surface area contributed by atoms with Crippen LogP contribution >= 0.6 is 0 Å². The van der Waals surface area contributed by atoms with Crippen LogP contribution in [0.3, 0.4) is 0 Å². The molecule has 1 aliphatic rings. The molecule has 0 amide bonds. The Morgan fingerprint density at radius 3 is 2.32 bits per heavy atom. The topological polar surface area (TPSA) is 85.8 Å². The number of rotatable bonds is 10. The van der Waals surface area contributed by atoms with Gasteiger partial charge in [-0.25, -0.2) is 18.1 Å². The molecule has 7 nitrogen and oxygen atoms in total. The zero-order valence-corrected chi connectivity index (χ0v) is 18.0. The van der Waals surface area contributed by atoms with E-state index in [1.54, 1.807) is 6.92 Å². The van der Waals surface area contributed by atoms with E-state index in [9.17, 15) is 8.42 Å². The van der Waals surface area contributed by atoms with E-state index in [1.807, 2.05) is 6.92 Å². The molecule has 1 heterocycles. The first-order chi connectivity index (χ1) is 13.5. The standard InChI is InChI=1S/C20H35N5O2S/c1-3-21-20(22-12-13-24-28(26,27)4-2)23-16-18-8-10-19(11-9-18)17-25-14-6-5-7-15-25/h8-11,24H,3-7,12-17H2,1-2H3,(H2,21,22,23). The summed E-state index contributed by atoms with van der Waals surface area (Å²) in [5, 5.41) is 6.34. The fourth-order valence-electron chi connectivity index (χ4n) is 3.13. The van der Waals surface area contributed by atoms with E-state index in [0.29, 0.717) is 25.6 Å². The van der Waals surface area contributed by atoms with Gasteiger partial charge in [0.25, 0.3) is 0 Å². The summed E-state index contributed by atoms with van der Waals surface area (Å²) in [6.07, 6.45) is 3.99. The molecule has 0 saturated carbocycles. The molecule has 1 saturated heterocycles. The number of benzene rings is 1. The zero-order chi connectivity index (χ0) is 20.2. The van der Waals surface area contributed by atoms with Gasteiger partial charge >= 0.3 is 0 Å². The third-order valence-electron chi connectivity index (χ3n) is 4.76. The highest BCUT2D eigenvalue weighted by Crippen LogP contribution is 2.13. The van der Waals surface area contributed by atoms with Crippen molar-refractivity contribution in [2.45, 2.75) is 46.2 Å². The van der Waals surface area contributed by atoms with Gasteiger partial charge in [-0.3, -0.25) is 4.90 Å². The smallest absolute Gasteiger partial charge is 0.211 e. The van der Waals surface area contributed by atoms with Crippen molar-refractivity contribution >= 4 is 16.0 Å². The largest absolute Gasteiger partial charge is 0.357 e. The van der Waals surface area contributed by atoms with Crippen LogP contribution in [0.4, 0.5) is 0 Å². The Morgan fingerprint density at radius 2 is 1.68 bits per heavy atom. The van der Waals surface area contributed by atoms with Crippen molar-refractivity contribution < 1.29 is 8.42 Å². The van der Waals surface area contributed by atoms with Crippen LogP contribution < -0.4 is 15.4 Å². The molecule has 0 radical (unpaired) electrons. The minimum atomic E-state index is -3.15. The molecule has 28 heavy (non-hydrogen) atoms. The number of hydrogen-bond acceptors (Lipinski definition) is 4. The normalized spacial score (nSPS) is 16.1. The number of aliphatic imine (C=N–C) groups is 1. The minimum absolute atomic E-state index is 0.0922. The molecule has 0 aromatic heterocycles. The molecule has 1 aromatic rings. The first kappa shape index (κ1) is 22.6. The first-order valence-corrected chi connectivity index (χ1v) is 12.0. The van der Waals surface area contributed by atoms with E-state index in [4.69, 9.17) is 0 Å². The lowest BCUT2D eigenvalue weighted by atomic mass is 10.1. The van der Waals surface area contributed by atoms with E-state index >= 15 is 0 Å². The van der Waals surface area contributed by atoms with Crippen molar-refractivity contribution in [2.24, 2.45) is 4.99 Å². The van der Waals surface area contributed by atoms with Gasteiger partial charge in [-0.2, -0.15) is 0 Å². The molecule has 0 atom stereocenters. The second kappa shape index (κ2) is 12.0.